The Morgan fingerprint density at radius 3 is 2.57 bits per heavy atom. The van der Waals surface area contributed by atoms with Gasteiger partial charge in [-0.25, -0.2) is 9.97 Å². The van der Waals surface area contributed by atoms with Crippen LogP contribution in [0.25, 0.3) is 22.4 Å². The van der Waals surface area contributed by atoms with E-state index in [1.165, 1.54) is 13.8 Å². The molecular weight excluding hydrogens is 615 g/mol. The number of fused-ring (bicyclic) bond motifs is 2. The van der Waals surface area contributed by atoms with Crippen LogP contribution in [0, 0.1) is 12.3 Å². The van der Waals surface area contributed by atoms with E-state index in [9.17, 15) is 19.8 Å². The summed E-state index contributed by atoms with van der Waals surface area (Å²) in [5.74, 6) is -1.17. The fourth-order valence-electron chi connectivity index (χ4n) is 6.38. The summed E-state index contributed by atoms with van der Waals surface area (Å²) >= 11 is 0. The number of hydrogen-bond donors (Lipinski definition) is 2. The van der Waals surface area contributed by atoms with Crippen molar-refractivity contribution in [3.8, 4) is 11.3 Å². The molecule has 12 heteroatoms. The van der Waals surface area contributed by atoms with Crippen LogP contribution in [-0.2, 0) is 38.8 Å². The van der Waals surface area contributed by atoms with E-state index < -0.39 is 25.1 Å². The number of benzene rings is 1. The molecule has 2 N–H and O–H groups in total. The summed E-state index contributed by atoms with van der Waals surface area (Å²) in [7, 11) is -1.19. The Morgan fingerprint density at radius 2 is 1.89 bits per heavy atom. The van der Waals surface area contributed by atoms with Gasteiger partial charge in [-0.05, 0) is 81.5 Å². The number of aliphatic hydroxyl groups is 1. The minimum absolute atomic E-state index is 0.221. The average Bonchev–Trinajstić information content (AvgIpc) is 3.31. The molecule has 0 saturated carbocycles. The van der Waals surface area contributed by atoms with Gasteiger partial charge in [0.05, 0.1) is 36.6 Å². The molecular formula is C35H51N5O6Si. The summed E-state index contributed by atoms with van der Waals surface area (Å²) in [5, 5.41) is 20.5. The van der Waals surface area contributed by atoms with E-state index in [0.29, 0.717) is 52.5 Å². The number of carbonyl (C=O) groups is 2. The number of nitrogens with zero attached hydrogens (tertiary/aromatic N) is 5. The van der Waals surface area contributed by atoms with Gasteiger partial charge < -0.3 is 29.2 Å². The van der Waals surface area contributed by atoms with Crippen molar-refractivity contribution in [2.24, 2.45) is 5.41 Å². The lowest BCUT2D eigenvalue weighted by Gasteiger charge is -2.42. The monoisotopic (exact) mass is 665 g/mol. The number of ether oxygens (including phenoxy) is 2. The molecule has 3 aromatic rings. The Bertz CT molecular complexity index is 1640. The van der Waals surface area contributed by atoms with Gasteiger partial charge in [-0.15, -0.1) is 0 Å². The second-order valence-electron chi connectivity index (χ2n) is 15.5. The highest BCUT2D eigenvalue weighted by atomic mass is 28.3. The molecule has 0 aliphatic carbocycles. The molecule has 5 rings (SSSR count). The lowest BCUT2D eigenvalue weighted by Crippen LogP contribution is -2.49. The van der Waals surface area contributed by atoms with Gasteiger partial charge in [0.2, 0.25) is 0 Å². The fraction of sp³-hybridized carbons (Fsp3) is 0.600. The molecule has 2 aromatic heterocycles. The van der Waals surface area contributed by atoms with Gasteiger partial charge >= 0.3 is 5.97 Å². The fourth-order valence-corrected chi connectivity index (χ4v) is 7.14. The molecule has 0 unspecified atom stereocenters. The minimum Gasteiger partial charge on any atom is -0.481 e. The van der Waals surface area contributed by atoms with Crippen LogP contribution in [0.4, 0.5) is 0 Å². The standard InChI is InChI=1S/C35H51N5O6Si/c1-23-18-40(22-46-13-14-47(6,7)8)31-30(23)37-28(17-36-31)25-15-24-9-10-38(32(41)35(4,5)44)19-27(24)26(16-25)29-20-45-12-11-39(29)21-34(2,3)33(42)43/h15-18,29,44H,9-14,19-22H2,1-8H3,(H,42,43)/t29-/m0/s1. The SMILES string of the molecule is Cc1cn(COCC[Si](C)(C)C)c2ncc(-c3cc4c(c([C@@H]5COCCN5CC(C)(C)C(=O)O)c3)CN(C(=O)C(C)(C)O)CC4)nc12. The zero-order chi connectivity index (χ0) is 34.3. The molecule has 4 heterocycles. The number of amides is 1. The van der Waals surface area contributed by atoms with Gasteiger partial charge in [0.15, 0.2) is 5.65 Å². The zero-order valence-electron chi connectivity index (χ0n) is 29.2. The van der Waals surface area contributed by atoms with E-state index in [0.717, 1.165) is 57.3 Å². The van der Waals surface area contributed by atoms with Crippen LogP contribution < -0.4 is 0 Å². The molecule has 2 aliphatic heterocycles. The number of carboxylic acid groups (broad SMARTS) is 1. The Morgan fingerprint density at radius 1 is 1.15 bits per heavy atom. The van der Waals surface area contributed by atoms with E-state index in [-0.39, 0.29) is 11.9 Å². The molecule has 47 heavy (non-hydrogen) atoms. The van der Waals surface area contributed by atoms with E-state index in [2.05, 4.69) is 36.7 Å². The first-order chi connectivity index (χ1) is 21.9. The highest BCUT2D eigenvalue weighted by Crippen LogP contribution is 2.38. The first-order valence-corrected chi connectivity index (χ1v) is 20.3. The van der Waals surface area contributed by atoms with Crippen molar-refractivity contribution in [3.63, 3.8) is 0 Å². The molecule has 0 spiro atoms. The summed E-state index contributed by atoms with van der Waals surface area (Å²) in [6.07, 6.45) is 4.46. The Kier molecular flexibility index (Phi) is 10.0. The number of morpholine rings is 1. The van der Waals surface area contributed by atoms with E-state index >= 15 is 0 Å². The van der Waals surface area contributed by atoms with Crippen molar-refractivity contribution in [1.82, 2.24) is 24.3 Å². The van der Waals surface area contributed by atoms with E-state index in [1.807, 2.05) is 23.9 Å². The Hall–Kier alpha value is -3.16. The maximum Gasteiger partial charge on any atom is 0.310 e. The third-order valence-electron chi connectivity index (χ3n) is 9.23. The van der Waals surface area contributed by atoms with Gasteiger partial charge in [-0.3, -0.25) is 14.5 Å². The highest BCUT2D eigenvalue weighted by Gasteiger charge is 2.38. The Labute approximate surface area is 278 Å². The molecule has 256 valence electrons. The van der Waals surface area contributed by atoms with Crippen LogP contribution in [0.15, 0.2) is 24.5 Å². The number of carbonyl (C=O) groups excluding carboxylic acids is 1. The quantitative estimate of drug-likeness (QED) is 0.218. The van der Waals surface area contributed by atoms with Crippen molar-refractivity contribution in [2.75, 3.05) is 39.5 Å². The van der Waals surface area contributed by atoms with Crippen molar-refractivity contribution >= 4 is 31.1 Å². The maximum atomic E-state index is 13.2. The van der Waals surface area contributed by atoms with Crippen LogP contribution in [0.3, 0.4) is 0 Å². The topological polar surface area (TPSA) is 130 Å². The predicted molar refractivity (Wildman–Crippen MR) is 184 cm³/mol. The maximum absolute atomic E-state index is 13.2. The van der Waals surface area contributed by atoms with Crippen molar-refractivity contribution in [2.45, 2.75) is 91.6 Å². The van der Waals surface area contributed by atoms with Crippen LogP contribution in [0.1, 0.15) is 56.0 Å². The summed E-state index contributed by atoms with van der Waals surface area (Å²) in [6, 6.07) is 5.13. The molecule has 1 atom stereocenters. The molecule has 0 radical (unpaired) electrons. The van der Waals surface area contributed by atoms with E-state index in [1.54, 1.807) is 18.7 Å². The third-order valence-corrected chi connectivity index (χ3v) is 10.9. The molecule has 1 fully saturated rings. The van der Waals surface area contributed by atoms with Gasteiger partial charge in [-0.2, -0.15) is 0 Å². The smallest absolute Gasteiger partial charge is 0.310 e. The molecule has 2 aliphatic rings. The molecule has 0 bridgehead atoms. The van der Waals surface area contributed by atoms with Gasteiger partial charge in [0.1, 0.15) is 17.8 Å². The predicted octanol–water partition coefficient (Wildman–Crippen LogP) is 4.86. The second-order valence-corrected chi connectivity index (χ2v) is 21.2. The minimum atomic E-state index is -1.48. The van der Waals surface area contributed by atoms with Crippen LogP contribution >= 0.6 is 0 Å². The summed E-state index contributed by atoms with van der Waals surface area (Å²) in [5.41, 5.74) is 4.93. The first-order valence-electron chi connectivity index (χ1n) is 16.6. The second kappa shape index (κ2) is 13.4. The number of aromatic nitrogens is 3. The third kappa shape index (κ3) is 7.94. The lowest BCUT2D eigenvalue weighted by molar-refractivity contribution is -0.150. The van der Waals surface area contributed by atoms with E-state index in [4.69, 9.17) is 19.4 Å². The molecule has 1 aromatic carbocycles. The largest absolute Gasteiger partial charge is 0.481 e. The summed E-state index contributed by atoms with van der Waals surface area (Å²) in [4.78, 5) is 39.1. The first kappa shape index (κ1) is 35.2. The number of aryl methyl sites for hydroxylation is 1. The number of carboxylic acids is 1. The van der Waals surface area contributed by atoms with Crippen molar-refractivity contribution in [1.29, 1.82) is 0 Å². The average molecular weight is 666 g/mol. The number of aliphatic carboxylic acids is 1. The lowest BCUT2D eigenvalue weighted by atomic mass is 9.86. The van der Waals surface area contributed by atoms with Gasteiger partial charge in [0, 0.05) is 52.6 Å². The van der Waals surface area contributed by atoms with Gasteiger partial charge in [-0.1, -0.05) is 19.6 Å². The number of hydrogen-bond acceptors (Lipinski definition) is 8. The van der Waals surface area contributed by atoms with Gasteiger partial charge in [0.25, 0.3) is 5.91 Å². The van der Waals surface area contributed by atoms with Crippen LogP contribution in [-0.4, -0.2) is 99.6 Å². The van der Waals surface area contributed by atoms with Crippen molar-refractivity contribution in [3.05, 3.63) is 46.8 Å². The summed E-state index contributed by atoms with van der Waals surface area (Å²) in [6.45, 7) is 19.4. The molecule has 1 amide bonds. The molecule has 1 saturated heterocycles. The van der Waals surface area contributed by atoms with Crippen molar-refractivity contribution < 1.29 is 29.3 Å². The molecule has 11 nitrogen and oxygen atoms in total. The number of rotatable bonds is 11. The highest BCUT2D eigenvalue weighted by molar-refractivity contribution is 6.76. The Balaban J connectivity index is 1.54. The summed E-state index contributed by atoms with van der Waals surface area (Å²) < 4.78 is 14.0. The van der Waals surface area contributed by atoms with Crippen LogP contribution in [0.2, 0.25) is 25.7 Å². The zero-order valence-corrected chi connectivity index (χ0v) is 30.2. The normalized spacial score (nSPS) is 18.1. The van der Waals surface area contributed by atoms with Crippen LogP contribution in [0.5, 0.6) is 0 Å².